The number of thioether (sulfide) groups is 2. The summed E-state index contributed by atoms with van der Waals surface area (Å²) in [6.45, 7) is 4.61. The number of halogens is 1. The summed E-state index contributed by atoms with van der Waals surface area (Å²) >= 11 is 8.94. The molecule has 0 saturated heterocycles. The summed E-state index contributed by atoms with van der Waals surface area (Å²) in [5.74, 6) is 0.270. The van der Waals surface area contributed by atoms with Gasteiger partial charge >= 0.3 is 0 Å². The zero-order valence-corrected chi connectivity index (χ0v) is 18.8. The van der Waals surface area contributed by atoms with Gasteiger partial charge in [0.25, 0.3) is 5.56 Å². The van der Waals surface area contributed by atoms with Gasteiger partial charge in [0.15, 0.2) is 5.16 Å². The van der Waals surface area contributed by atoms with Crippen LogP contribution in [0.3, 0.4) is 0 Å². The molecule has 2 aromatic carbocycles. The molecule has 0 bridgehead atoms. The molecule has 0 aliphatic carbocycles. The van der Waals surface area contributed by atoms with Crippen LogP contribution in [0.15, 0.2) is 57.3 Å². The van der Waals surface area contributed by atoms with Gasteiger partial charge in [0.2, 0.25) is 5.91 Å². The maximum atomic E-state index is 13.0. The molecule has 0 spiro atoms. The number of carbonyl (C=O) groups excluding carboxylic acids is 1. The first-order valence-corrected chi connectivity index (χ1v) is 11.7. The summed E-state index contributed by atoms with van der Waals surface area (Å²) in [6.07, 6.45) is 1.99. The molecule has 1 N–H and O–H groups in total. The second-order valence-corrected chi connectivity index (χ2v) is 9.19. The Morgan fingerprint density at radius 3 is 2.76 bits per heavy atom. The monoisotopic (exact) mass is 447 g/mol. The molecule has 1 amide bonds. The molecule has 8 heteroatoms. The first-order chi connectivity index (χ1) is 13.9. The van der Waals surface area contributed by atoms with Crippen LogP contribution < -0.4 is 10.9 Å². The number of amides is 1. The topological polar surface area (TPSA) is 64.0 Å². The van der Waals surface area contributed by atoms with Crippen LogP contribution in [0, 0.1) is 5.92 Å². The molecule has 3 aromatic rings. The van der Waals surface area contributed by atoms with E-state index in [1.807, 2.05) is 44.4 Å². The van der Waals surface area contributed by atoms with Gasteiger partial charge < -0.3 is 5.32 Å². The number of carbonyl (C=O) groups is 1. The second kappa shape index (κ2) is 9.69. The van der Waals surface area contributed by atoms with Crippen LogP contribution in [0.4, 0.5) is 5.69 Å². The highest BCUT2D eigenvalue weighted by Crippen LogP contribution is 2.22. The summed E-state index contributed by atoms with van der Waals surface area (Å²) in [5.41, 5.74) is 1.18. The van der Waals surface area contributed by atoms with Crippen molar-refractivity contribution in [2.24, 2.45) is 5.92 Å². The SMILES string of the molecule is CSc1cccc(NC(=O)CSc2nc3cc(Cl)ccc3c(=O)n2CC(C)C)c1. The van der Waals surface area contributed by atoms with Crippen molar-refractivity contribution in [3.05, 3.63) is 57.8 Å². The average Bonchev–Trinajstić information content (AvgIpc) is 2.68. The van der Waals surface area contributed by atoms with Crippen molar-refractivity contribution < 1.29 is 4.79 Å². The molecule has 0 fully saturated rings. The third-order valence-corrected chi connectivity index (χ3v) is 6.05. The van der Waals surface area contributed by atoms with Gasteiger partial charge in [-0.1, -0.05) is 43.3 Å². The van der Waals surface area contributed by atoms with E-state index in [1.54, 1.807) is 34.5 Å². The van der Waals surface area contributed by atoms with Crippen LogP contribution >= 0.6 is 35.1 Å². The second-order valence-electron chi connectivity index (χ2n) is 6.93. The van der Waals surface area contributed by atoms with Crippen molar-refractivity contribution in [3.63, 3.8) is 0 Å². The molecule has 0 unspecified atom stereocenters. The lowest BCUT2D eigenvalue weighted by Crippen LogP contribution is -2.26. The fraction of sp³-hybridized carbons (Fsp3) is 0.286. The highest BCUT2D eigenvalue weighted by atomic mass is 35.5. The molecular formula is C21H22ClN3O2S2. The first kappa shape index (κ1) is 21.7. The Morgan fingerprint density at radius 2 is 2.03 bits per heavy atom. The van der Waals surface area contributed by atoms with Gasteiger partial charge in [-0.15, -0.1) is 11.8 Å². The first-order valence-electron chi connectivity index (χ1n) is 9.14. The van der Waals surface area contributed by atoms with Crippen LogP contribution in [0.25, 0.3) is 10.9 Å². The van der Waals surface area contributed by atoms with Crippen LogP contribution in [-0.4, -0.2) is 27.5 Å². The van der Waals surface area contributed by atoms with E-state index in [1.165, 1.54) is 11.8 Å². The highest BCUT2D eigenvalue weighted by Gasteiger charge is 2.15. The number of hydrogen-bond acceptors (Lipinski definition) is 5. The van der Waals surface area contributed by atoms with Crippen molar-refractivity contribution in [2.45, 2.75) is 30.4 Å². The molecule has 3 rings (SSSR count). The molecule has 29 heavy (non-hydrogen) atoms. The summed E-state index contributed by atoms with van der Waals surface area (Å²) in [4.78, 5) is 31.1. The lowest BCUT2D eigenvalue weighted by atomic mass is 10.2. The minimum absolute atomic E-state index is 0.115. The summed E-state index contributed by atoms with van der Waals surface area (Å²) < 4.78 is 1.65. The van der Waals surface area contributed by atoms with Crippen molar-refractivity contribution in [3.8, 4) is 0 Å². The van der Waals surface area contributed by atoms with Gasteiger partial charge in [0, 0.05) is 22.2 Å². The minimum Gasteiger partial charge on any atom is -0.325 e. The summed E-state index contributed by atoms with van der Waals surface area (Å²) in [7, 11) is 0. The van der Waals surface area contributed by atoms with E-state index in [0.29, 0.717) is 27.6 Å². The van der Waals surface area contributed by atoms with E-state index in [0.717, 1.165) is 10.6 Å². The quantitative estimate of drug-likeness (QED) is 0.400. The standard InChI is InChI=1S/C21H22ClN3O2S2/c1-13(2)11-25-20(27)17-8-7-14(22)9-18(17)24-21(25)29-12-19(26)23-15-5-4-6-16(10-15)28-3/h4-10,13H,11-12H2,1-3H3,(H,23,26). The molecule has 1 heterocycles. The Kier molecular flexibility index (Phi) is 7.27. The predicted octanol–water partition coefficient (Wildman–Crippen LogP) is 5.16. The normalized spacial score (nSPS) is 11.2. The Hall–Kier alpha value is -1.96. The lowest BCUT2D eigenvalue weighted by molar-refractivity contribution is -0.113. The average molecular weight is 448 g/mol. The van der Waals surface area contributed by atoms with Crippen LogP contribution in [0.2, 0.25) is 5.02 Å². The molecular weight excluding hydrogens is 426 g/mol. The Bertz CT molecular complexity index is 1100. The number of nitrogens with zero attached hydrogens (tertiary/aromatic N) is 2. The molecule has 0 saturated carbocycles. The van der Waals surface area contributed by atoms with Gasteiger partial charge in [-0.25, -0.2) is 4.98 Å². The Labute approximate surface area is 183 Å². The van der Waals surface area contributed by atoms with E-state index in [2.05, 4.69) is 10.3 Å². The van der Waals surface area contributed by atoms with Crippen molar-refractivity contribution in [2.75, 3.05) is 17.3 Å². The largest absolute Gasteiger partial charge is 0.325 e. The van der Waals surface area contributed by atoms with Gasteiger partial charge in [0.1, 0.15) is 0 Å². The number of aromatic nitrogens is 2. The number of benzene rings is 2. The number of anilines is 1. The molecule has 0 atom stereocenters. The predicted molar refractivity (Wildman–Crippen MR) is 123 cm³/mol. The number of rotatable bonds is 7. The van der Waals surface area contributed by atoms with Gasteiger partial charge in [-0.3, -0.25) is 14.2 Å². The number of hydrogen-bond donors (Lipinski definition) is 1. The fourth-order valence-corrected chi connectivity index (χ4v) is 4.27. The fourth-order valence-electron chi connectivity index (χ4n) is 2.84. The van der Waals surface area contributed by atoms with Crippen molar-refractivity contribution in [1.82, 2.24) is 9.55 Å². The summed E-state index contributed by atoms with van der Waals surface area (Å²) in [6, 6.07) is 12.7. The highest BCUT2D eigenvalue weighted by molar-refractivity contribution is 7.99. The third-order valence-electron chi connectivity index (χ3n) is 4.12. The molecule has 0 aliphatic rings. The zero-order chi connectivity index (χ0) is 21.0. The van der Waals surface area contributed by atoms with Gasteiger partial charge in [0.05, 0.1) is 16.7 Å². The molecule has 1 aromatic heterocycles. The maximum absolute atomic E-state index is 13.0. The van der Waals surface area contributed by atoms with E-state index < -0.39 is 0 Å². The van der Waals surface area contributed by atoms with Crippen LogP contribution in [0.5, 0.6) is 0 Å². The number of nitrogens with one attached hydrogen (secondary N) is 1. The lowest BCUT2D eigenvalue weighted by Gasteiger charge is -2.15. The van der Waals surface area contributed by atoms with Crippen molar-refractivity contribution in [1.29, 1.82) is 0 Å². The third kappa shape index (κ3) is 5.56. The minimum atomic E-state index is -0.148. The molecule has 0 aliphatic heterocycles. The smallest absolute Gasteiger partial charge is 0.262 e. The molecule has 152 valence electrons. The van der Waals surface area contributed by atoms with E-state index in [9.17, 15) is 9.59 Å². The molecule has 5 nitrogen and oxygen atoms in total. The maximum Gasteiger partial charge on any atom is 0.262 e. The van der Waals surface area contributed by atoms with Crippen LogP contribution in [0.1, 0.15) is 13.8 Å². The van der Waals surface area contributed by atoms with E-state index in [4.69, 9.17) is 11.6 Å². The van der Waals surface area contributed by atoms with Gasteiger partial charge in [-0.2, -0.15) is 0 Å². The molecule has 0 radical (unpaired) electrons. The zero-order valence-electron chi connectivity index (χ0n) is 16.4. The van der Waals surface area contributed by atoms with E-state index >= 15 is 0 Å². The number of fused-ring (bicyclic) bond motifs is 1. The van der Waals surface area contributed by atoms with E-state index in [-0.39, 0.29) is 23.1 Å². The van der Waals surface area contributed by atoms with Gasteiger partial charge in [-0.05, 0) is 48.6 Å². The Balaban J connectivity index is 1.84. The van der Waals surface area contributed by atoms with Crippen molar-refractivity contribution >= 4 is 57.6 Å². The summed E-state index contributed by atoms with van der Waals surface area (Å²) in [5, 5.41) is 4.47. The van der Waals surface area contributed by atoms with Crippen LogP contribution in [-0.2, 0) is 11.3 Å². The Morgan fingerprint density at radius 1 is 1.24 bits per heavy atom.